The van der Waals surface area contributed by atoms with Gasteiger partial charge in [-0.3, -0.25) is 23.4 Å². The minimum Gasteiger partial charge on any atom is -0.462 e. The standard InChI is InChI=1S/C58H97O11P/c1-4-7-10-13-16-19-22-25-27-30-32-35-38-41-44-47-56(60)65-51-55(69-58(62)49-46-43-40-37-34-31-28-26-23-20-17-14-11-8-5-2)53-67-70(63,64)66-52-54(50-59)68-57(61)48-45-42-39-36-33-29-24-21-18-15-12-9-6-3/h7,9-10,12,16,18-19,21,25-29,33,39,42,54-55,59H,4-6,8,11,13-15,17,20,22-24,30-32,34-38,40-41,43-53H2,1-3H3,(H,63,64)/b10-7-,12-9-,19-16-,21-18-,27-25-,28-26-,33-29-,42-39-. The summed E-state index contributed by atoms with van der Waals surface area (Å²) in [5.41, 5.74) is 0. The number of carbonyl (C=O) groups is 3. The lowest BCUT2D eigenvalue weighted by Gasteiger charge is -2.21. The van der Waals surface area contributed by atoms with Gasteiger partial charge in [-0.25, -0.2) is 4.57 Å². The highest BCUT2D eigenvalue weighted by molar-refractivity contribution is 7.47. The molecule has 0 aromatic rings. The molecule has 3 atom stereocenters. The van der Waals surface area contributed by atoms with E-state index in [1.165, 1.54) is 38.5 Å². The molecule has 12 heteroatoms. The first-order valence-corrected chi connectivity index (χ1v) is 28.6. The molecule has 0 saturated heterocycles. The smallest absolute Gasteiger partial charge is 0.462 e. The molecule has 0 saturated carbocycles. The average molecular weight is 1000 g/mol. The summed E-state index contributed by atoms with van der Waals surface area (Å²) in [5, 5.41) is 9.77. The number of hydrogen-bond donors (Lipinski definition) is 2. The SMILES string of the molecule is CC/C=C\C/C=C\C/C=C\C/C=C\CCC(=O)OC(CO)COP(=O)(O)OCC(COC(=O)CCCCCCC/C=C\C/C=C\C/C=C\CC)OC(=O)CCCCCCC/C=C\CCCCCCCC. The second-order valence-corrected chi connectivity index (χ2v) is 19.1. The van der Waals surface area contributed by atoms with Gasteiger partial charge in [0.15, 0.2) is 6.10 Å². The van der Waals surface area contributed by atoms with E-state index >= 15 is 0 Å². The topological polar surface area (TPSA) is 155 Å². The van der Waals surface area contributed by atoms with Crippen LogP contribution in [0.1, 0.15) is 213 Å². The van der Waals surface area contributed by atoms with E-state index in [2.05, 4.69) is 99.8 Å². The van der Waals surface area contributed by atoms with Crippen molar-refractivity contribution in [2.24, 2.45) is 0 Å². The third-order valence-electron chi connectivity index (χ3n) is 11.0. The van der Waals surface area contributed by atoms with E-state index in [0.29, 0.717) is 19.3 Å². The van der Waals surface area contributed by atoms with Crippen LogP contribution in [0, 0.1) is 0 Å². The van der Waals surface area contributed by atoms with Crippen molar-refractivity contribution in [1.29, 1.82) is 0 Å². The maximum atomic E-state index is 12.9. The summed E-state index contributed by atoms with van der Waals surface area (Å²) in [5.74, 6) is -1.59. The lowest BCUT2D eigenvalue weighted by molar-refractivity contribution is -0.161. The Morgan fingerprint density at radius 1 is 0.414 bits per heavy atom. The Morgan fingerprint density at radius 2 is 0.771 bits per heavy atom. The number of unbranched alkanes of at least 4 members (excludes halogenated alkanes) is 16. The number of phosphoric acid groups is 1. The molecule has 2 N–H and O–H groups in total. The molecule has 0 bridgehead atoms. The van der Waals surface area contributed by atoms with Crippen LogP contribution in [0.15, 0.2) is 97.2 Å². The van der Waals surface area contributed by atoms with E-state index in [1.807, 2.05) is 18.2 Å². The summed E-state index contributed by atoms with van der Waals surface area (Å²) in [6.07, 6.45) is 59.6. The van der Waals surface area contributed by atoms with Crippen molar-refractivity contribution in [3.05, 3.63) is 97.2 Å². The van der Waals surface area contributed by atoms with Crippen LogP contribution in [-0.2, 0) is 42.2 Å². The van der Waals surface area contributed by atoms with Gasteiger partial charge in [-0.15, -0.1) is 0 Å². The molecule has 0 aliphatic heterocycles. The van der Waals surface area contributed by atoms with Gasteiger partial charge in [0.1, 0.15) is 12.7 Å². The van der Waals surface area contributed by atoms with Gasteiger partial charge < -0.3 is 24.2 Å². The Morgan fingerprint density at radius 3 is 1.24 bits per heavy atom. The Kier molecular flexibility index (Phi) is 49.1. The van der Waals surface area contributed by atoms with E-state index < -0.39 is 57.8 Å². The van der Waals surface area contributed by atoms with E-state index in [9.17, 15) is 28.9 Å². The monoisotopic (exact) mass is 1000 g/mol. The Labute approximate surface area is 425 Å². The van der Waals surface area contributed by atoms with E-state index in [4.69, 9.17) is 23.3 Å². The van der Waals surface area contributed by atoms with Crippen LogP contribution in [0.25, 0.3) is 0 Å². The molecule has 0 rings (SSSR count). The van der Waals surface area contributed by atoms with E-state index in [-0.39, 0.29) is 25.9 Å². The number of aliphatic hydroxyl groups is 1. The van der Waals surface area contributed by atoms with Crippen LogP contribution < -0.4 is 0 Å². The van der Waals surface area contributed by atoms with E-state index in [1.54, 1.807) is 0 Å². The van der Waals surface area contributed by atoms with Crippen LogP contribution in [0.4, 0.5) is 0 Å². The summed E-state index contributed by atoms with van der Waals surface area (Å²) < 4.78 is 39.3. The molecular formula is C58H97O11P. The zero-order valence-corrected chi connectivity index (χ0v) is 44.8. The van der Waals surface area contributed by atoms with Gasteiger partial charge in [0.25, 0.3) is 0 Å². The predicted molar refractivity (Wildman–Crippen MR) is 288 cm³/mol. The van der Waals surface area contributed by atoms with Crippen molar-refractivity contribution >= 4 is 25.7 Å². The quantitative estimate of drug-likeness (QED) is 0.0197. The number of ether oxygens (including phenoxy) is 3. The number of carbonyl (C=O) groups excluding carboxylic acids is 3. The van der Waals surface area contributed by atoms with Gasteiger partial charge in [-0.2, -0.15) is 0 Å². The van der Waals surface area contributed by atoms with E-state index in [0.717, 1.165) is 116 Å². The summed E-state index contributed by atoms with van der Waals surface area (Å²) in [6.45, 7) is 4.28. The summed E-state index contributed by atoms with van der Waals surface area (Å²) >= 11 is 0. The molecule has 3 unspecified atom stereocenters. The molecule has 0 aromatic carbocycles. The van der Waals surface area contributed by atoms with Gasteiger partial charge in [0.05, 0.1) is 19.8 Å². The fourth-order valence-corrected chi connectivity index (χ4v) is 7.69. The zero-order chi connectivity index (χ0) is 51.3. The Hall–Kier alpha value is -3.60. The highest BCUT2D eigenvalue weighted by Crippen LogP contribution is 2.43. The highest BCUT2D eigenvalue weighted by Gasteiger charge is 2.28. The first-order chi connectivity index (χ1) is 34.2. The van der Waals surface area contributed by atoms with Gasteiger partial charge >= 0.3 is 25.7 Å². The van der Waals surface area contributed by atoms with Crippen LogP contribution >= 0.6 is 7.82 Å². The molecule has 0 amide bonds. The largest absolute Gasteiger partial charge is 0.472 e. The molecular weight excluding hydrogens is 904 g/mol. The number of rotatable bonds is 49. The van der Waals surface area contributed by atoms with Crippen LogP contribution in [0.3, 0.4) is 0 Å². The fraction of sp³-hybridized carbons (Fsp3) is 0.672. The molecule has 0 radical (unpaired) electrons. The van der Waals surface area contributed by atoms with Crippen LogP contribution in [0.2, 0.25) is 0 Å². The minimum absolute atomic E-state index is 0.0506. The molecule has 0 fully saturated rings. The first kappa shape index (κ1) is 66.4. The van der Waals surface area contributed by atoms with Crippen LogP contribution in [-0.4, -0.2) is 66.5 Å². The summed E-state index contributed by atoms with van der Waals surface area (Å²) in [7, 11) is -4.77. The molecule has 400 valence electrons. The number of aliphatic hydroxyl groups excluding tert-OH is 1. The molecule has 0 aliphatic rings. The van der Waals surface area contributed by atoms with Crippen molar-refractivity contribution in [1.82, 2.24) is 0 Å². The first-order valence-electron chi connectivity index (χ1n) is 27.1. The number of esters is 3. The summed E-state index contributed by atoms with van der Waals surface area (Å²) in [4.78, 5) is 48.4. The molecule has 0 aromatic heterocycles. The van der Waals surface area contributed by atoms with Crippen molar-refractivity contribution in [2.45, 2.75) is 226 Å². The predicted octanol–water partition coefficient (Wildman–Crippen LogP) is 15.7. The maximum absolute atomic E-state index is 12.9. The minimum atomic E-state index is -4.77. The Bertz CT molecular complexity index is 1540. The third kappa shape index (κ3) is 49.4. The van der Waals surface area contributed by atoms with Crippen molar-refractivity contribution < 1.29 is 52.2 Å². The fourth-order valence-electron chi connectivity index (χ4n) is 6.91. The van der Waals surface area contributed by atoms with Gasteiger partial charge in [0.2, 0.25) is 0 Å². The zero-order valence-electron chi connectivity index (χ0n) is 43.9. The van der Waals surface area contributed by atoms with Crippen LogP contribution in [0.5, 0.6) is 0 Å². The number of phosphoric ester groups is 1. The number of hydrogen-bond acceptors (Lipinski definition) is 10. The molecule has 11 nitrogen and oxygen atoms in total. The average Bonchev–Trinajstić information content (AvgIpc) is 3.35. The maximum Gasteiger partial charge on any atom is 0.472 e. The lowest BCUT2D eigenvalue weighted by atomic mass is 10.1. The second kappa shape index (κ2) is 51.7. The normalized spacial score (nSPS) is 14.2. The molecule has 0 spiro atoms. The van der Waals surface area contributed by atoms with Gasteiger partial charge in [-0.05, 0) is 103 Å². The number of allylic oxidation sites excluding steroid dienone is 16. The van der Waals surface area contributed by atoms with Crippen molar-refractivity contribution in [2.75, 3.05) is 26.4 Å². The highest BCUT2D eigenvalue weighted by atomic mass is 31.2. The molecule has 0 aliphatic carbocycles. The third-order valence-corrected chi connectivity index (χ3v) is 11.9. The van der Waals surface area contributed by atoms with Gasteiger partial charge in [-0.1, -0.05) is 189 Å². The van der Waals surface area contributed by atoms with Crippen molar-refractivity contribution in [3.8, 4) is 0 Å². The van der Waals surface area contributed by atoms with Gasteiger partial charge in [0, 0.05) is 19.3 Å². The summed E-state index contributed by atoms with van der Waals surface area (Å²) in [6, 6.07) is 0. The lowest BCUT2D eigenvalue weighted by Crippen LogP contribution is -2.30. The molecule has 0 heterocycles. The second-order valence-electron chi connectivity index (χ2n) is 17.6. The van der Waals surface area contributed by atoms with Crippen molar-refractivity contribution in [3.63, 3.8) is 0 Å². The molecule has 70 heavy (non-hydrogen) atoms. The Balaban J connectivity index is 4.85.